The van der Waals surface area contributed by atoms with Crippen molar-refractivity contribution in [2.24, 2.45) is 11.8 Å². The molecule has 0 saturated carbocycles. The Labute approximate surface area is 140 Å². The molecule has 2 saturated heterocycles. The van der Waals surface area contributed by atoms with Crippen LogP contribution < -0.4 is 0 Å². The zero-order chi connectivity index (χ0) is 17.7. The van der Waals surface area contributed by atoms with Crippen LogP contribution in [0.3, 0.4) is 0 Å². The fourth-order valence-electron chi connectivity index (χ4n) is 5.89. The van der Waals surface area contributed by atoms with Crippen LogP contribution in [0.4, 0.5) is 0 Å². The summed E-state index contributed by atoms with van der Waals surface area (Å²) >= 11 is 0. The van der Waals surface area contributed by atoms with Crippen LogP contribution in [0.5, 0.6) is 0 Å². The Morgan fingerprint density at radius 1 is 0.833 bits per heavy atom. The highest BCUT2D eigenvalue weighted by molar-refractivity contribution is 6.05. The number of esters is 2. The predicted octanol–water partition coefficient (Wildman–Crippen LogP) is 1.54. The van der Waals surface area contributed by atoms with E-state index in [-0.39, 0.29) is 23.0 Å². The first-order valence-electron chi connectivity index (χ1n) is 8.10. The first kappa shape index (κ1) is 15.8. The smallest absolute Gasteiger partial charge is 0.337 e. The molecule has 4 aliphatic heterocycles. The third-order valence-corrected chi connectivity index (χ3v) is 6.39. The van der Waals surface area contributed by atoms with Crippen molar-refractivity contribution in [3.8, 4) is 0 Å². The quantitative estimate of drug-likeness (QED) is 0.563. The van der Waals surface area contributed by atoms with Gasteiger partial charge in [0.05, 0.1) is 36.6 Å². The van der Waals surface area contributed by atoms with Gasteiger partial charge in [0.1, 0.15) is 11.2 Å². The molecule has 24 heavy (non-hydrogen) atoms. The van der Waals surface area contributed by atoms with Gasteiger partial charge < -0.3 is 18.9 Å². The van der Waals surface area contributed by atoms with E-state index in [1.165, 1.54) is 14.2 Å². The molecular formula is C18H22O6. The summed E-state index contributed by atoms with van der Waals surface area (Å²) in [6.45, 7) is 7.71. The van der Waals surface area contributed by atoms with Gasteiger partial charge in [-0.2, -0.15) is 0 Å². The van der Waals surface area contributed by atoms with Crippen molar-refractivity contribution in [3.63, 3.8) is 0 Å². The van der Waals surface area contributed by atoms with Crippen LogP contribution in [0.1, 0.15) is 27.7 Å². The van der Waals surface area contributed by atoms with Crippen molar-refractivity contribution >= 4 is 11.9 Å². The van der Waals surface area contributed by atoms with Crippen molar-refractivity contribution < 1.29 is 28.5 Å². The molecule has 0 spiro atoms. The summed E-state index contributed by atoms with van der Waals surface area (Å²) in [6, 6.07) is 0. The Morgan fingerprint density at radius 3 is 1.54 bits per heavy atom. The second-order valence-corrected chi connectivity index (χ2v) is 7.81. The monoisotopic (exact) mass is 334 g/mol. The van der Waals surface area contributed by atoms with Crippen molar-refractivity contribution in [1.29, 1.82) is 0 Å². The van der Waals surface area contributed by atoms with Crippen LogP contribution >= 0.6 is 0 Å². The molecule has 0 N–H and O–H groups in total. The minimum atomic E-state index is -0.965. The number of hydrogen-bond donors (Lipinski definition) is 0. The van der Waals surface area contributed by atoms with Gasteiger partial charge in [-0.15, -0.1) is 0 Å². The van der Waals surface area contributed by atoms with E-state index in [4.69, 9.17) is 18.9 Å². The van der Waals surface area contributed by atoms with Gasteiger partial charge in [0.25, 0.3) is 0 Å². The summed E-state index contributed by atoms with van der Waals surface area (Å²) in [5, 5.41) is 0. The molecule has 0 aliphatic carbocycles. The first-order valence-corrected chi connectivity index (χ1v) is 8.10. The molecule has 4 aliphatic rings. The van der Waals surface area contributed by atoms with Gasteiger partial charge in [-0.05, 0) is 27.7 Å². The summed E-state index contributed by atoms with van der Waals surface area (Å²) in [6.07, 6.45) is 4.08. The molecule has 0 aromatic carbocycles. The third kappa shape index (κ3) is 1.41. The van der Waals surface area contributed by atoms with Crippen LogP contribution in [0.25, 0.3) is 0 Å². The fourth-order valence-corrected chi connectivity index (χ4v) is 5.89. The average Bonchev–Trinajstić information content (AvgIpc) is 3.13. The lowest BCUT2D eigenvalue weighted by atomic mass is 9.56. The maximum Gasteiger partial charge on any atom is 0.337 e. The lowest BCUT2D eigenvalue weighted by Gasteiger charge is -2.41. The Balaban J connectivity index is 2.00. The Morgan fingerprint density at radius 2 is 1.21 bits per heavy atom. The van der Waals surface area contributed by atoms with E-state index in [1.807, 2.05) is 39.8 Å². The zero-order valence-corrected chi connectivity index (χ0v) is 14.8. The molecule has 0 amide bonds. The highest BCUT2D eigenvalue weighted by atomic mass is 16.6. The van der Waals surface area contributed by atoms with Crippen LogP contribution in [0.2, 0.25) is 0 Å². The minimum absolute atomic E-state index is 0.0903. The lowest BCUT2D eigenvalue weighted by Crippen LogP contribution is -2.53. The lowest BCUT2D eigenvalue weighted by molar-refractivity contribution is -0.143. The highest BCUT2D eigenvalue weighted by Gasteiger charge is 2.81. The normalized spacial score (nSPS) is 50.4. The van der Waals surface area contributed by atoms with Crippen molar-refractivity contribution in [3.05, 3.63) is 23.3 Å². The Bertz CT molecular complexity index is 680. The van der Waals surface area contributed by atoms with Gasteiger partial charge >= 0.3 is 11.9 Å². The van der Waals surface area contributed by atoms with Crippen LogP contribution in [0.15, 0.2) is 23.3 Å². The predicted molar refractivity (Wildman–Crippen MR) is 83.0 cm³/mol. The van der Waals surface area contributed by atoms with Gasteiger partial charge in [0.15, 0.2) is 0 Å². The van der Waals surface area contributed by atoms with E-state index in [9.17, 15) is 9.59 Å². The number of fused-ring (bicyclic) bond motifs is 9. The number of hydrogen-bond acceptors (Lipinski definition) is 6. The van der Waals surface area contributed by atoms with Gasteiger partial charge in [-0.25, -0.2) is 9.59 Å². The molecule has 0 unspecified atom stereocenters. The van der Waals surface area contributed by atoms with Gasteiger partial charge in [-0.3, -0.25) is 0 Å². The molecule has 4 heterocycles. The van der Waals surface area contributed by atoms with Crippen LogP contribution in [0, 0.1) is 11.8 Å². The number of carbonyl (C=O) groups excluding carboxylic acids is 2. The fraction of sp³-hybridized carbons (Fsp3) is 0.667. The molecule has 0 radical (unpaired) electrons. The summed E-state index contributed by atoms with van der Waals surface area (Å²) in [7, 11) is 2.61. The third-order valence-electron chi connectivity index (χ3n) is 6.39. The van der Waals surface area contributed by atoms with E-state index in [0.29, 0.717) is 0 Å². The SMILES string of the molecule is COC(=O)C1=C(C(=O)OC)[C@@]2(C)O[C@@]1(C)[C@H]1[C@H]2[C@@]2(C)C=C[C@@]1(C)O2. The number of carbonyl (C=O) groups is 2. The van der Waals surface area contributed by atoms with Crippen LogP contribution in [-0.4, -0.2) is 48.6 Å². The molecule has 2 fully saturated rings. The number of methoxy groups -OCH3 is 2. The first-order chi connectivity index (χ1) is 11.1. The molecule has 0 aromatic heterocycles. The van der Waals surface area contributed by atoms with Gasteiger partial charge in [-0.1, -0.05) is 12.2 Å². The van der Waals surface area contributed by atoms with E-state index in [2.05, 4.69) is 0 Å². The maximum absolute atomic E-state index is 12.5. The van der Waals surface area contributed by atoms with Crippen molar-refractivity contribution in [1.82, 2.24) is 0 Å². The molecule has 4 bridgehead atoms. The molecule has 6 nitrogen and oxygen atoms in total. The summed E-state index contributed by atoms with van der Waals surface area (Å²) < 4.78 is 22.7. The molecule has 6 heteroatoms. The highest BCUT2D eigenvalue weighted by Crippen LogP contribution is 2.72. The minimum Gasteiger partial charge on any atom is -0.466 e. The largest absolute Gasteiger partial charge is 0.466 e. The second kappa shape index (κ2) is 4.11. The van der Waals surface area contributed by atoms with Gasteiger partial charge in [0.2, 0.25) is 0 Å². The Kier molecular flexibility index (Phi) is 2.71. The molecule has 4 rings (SSSR count). The van der Waals surface area contributed by atoms with E-state index in [0.717, 1.165) is 0 Å². The topological polar surface area (TPSA) is 71.1 Å². The number of ether oxygens (including phenoxy) is 4. The van der Waals surface area contributed by atoms with E-state index >= 15 is 0 Å². The molecule has 6 atom stereocenters. The molecule has 0 aromatic rings. The molecule has 130 valence electrons. The number of rotatable bonds is 2. The summed E-state index contributed by atoms with van der Waals surface area (Å²) in [4.78, 5) is 25.1. The Hall–Kier alpha value is -1.66. The summed E-state index contributed by atoms with van der Waals surface area (Å²) in [5.41, 5.74) is -2.51. The maximum atomic E-state index is 12.5. The summed E-state index contributed by atoms with van der Waals surface area (Å²) in [5.74, 6) is -1.29. The average molecular weight is 334 g/mol. The zero-order valence-electron chi connectivity index (χ0n) is 14.8. The van der Waals surface area contributed by atoms with Crippen molar-refractivity contribution in [2.45, 2.75) is 50.1 Å². The van der Waals surface area contributed by atoms with Crippen molar-refractivity contribution in [2.75, 3.05) is 14.2 Å². The van der Waals surface area contributed by atoms with E-state index in [1.54, 1.807) is 0 Å². The van der Waals surface area contributed by atoms with Gasteiger partial charge in [0, 0.05) is 11.8 Å². The standard InChI is InChI=1S/C18H22O6/c1-15-7-8-16(2,23-15)12-11(15)17(3)9(13(19)21-5)10(14(20)22-6)18(12,4)24-17/h7-8,11-12H,1-6H3/t11-,12-,15+,16+,17+,18+/m0/s1. The van der Waals surface area contributed by atoms with Crippen LogP contribution in [-0.2, 0) is 28.5 Å². The second-order valence-electron chi connectivity index (χ2n) is 7.81. The van der Waals surface area contributed by atoms with E-state index < -0.39 is 34.3 Å². The molecular weight excluding hydrogens is 312 g/mol.